The van der Waals surface area contributed by atoms with E-state index in [1.165, 1.54) is 0 Å². The van der Waals surface area contributed by atoms with Gasteiger partial charge in [-0.3, -0.25) is 10.1 Å². The molecule has 6 nitrogen and oxygen atoms in total. The predicted molar refractivity (Wildman–Crippen MR) is 154 cm³/mol. The normalized spacial score (nSPS) is 22.2. The highest BCUT2D eigenvalue weighted by Gasteiger charge is 2.58. The van der Waals surface area contributed by atoms with Gasteiger partial charge < -0.3 is 9.47 Å². The van der Waals surface area contributed by atoms with Gasteiger partial charge in [-0.2, -0.15) is 5.10 Å². The number of thioether (sulfide) groups is 1. The van der Waals surface area contributed by atoms with Crippen molar-refractivity contribution in [2.45, 2.75) is 18.3 Å². The highest BCUT2D eigenvalue weighted by atomic mass is 35.5. The van der Waals surface area contributed by atoms with Crippen molar-refractivity contribution in [3.8, 4) is 17.2 Å². The number of nitrogens with one attached hydrogen (secondary N) is 1. The second-order valence-corrected chi connectivity index (χ2v) is 10.9. The molecular weight excluding hydrogens is 530 g/mol. The van der Waals surface area contributed by atoms with Crippen molar-refractivity contribution in [3.63, 3.8) is 0 Å². The summed E-state index contributed by atoms with van der Waals surface area (Å²) in [5.41, 5.74) is 3.75. The molecule has 3 aliphatic heterocycles. The number of rotatable bonds is 4. The number of amides is 1. The summed E-state index contributed by atoms with van der Waals surface area (Å²) in [5, 5.41) is 10.4. The average molecular weight is 552 g/mol. The van der Waals surface area contributed by atoms with Crippen LogP contribution < -0.4 is 14.8 Å². The van der Waals surface area contributed by atoms with Gasteiger partial charge in [0.25, 0.3) is 5.24 Å². The fraction of sp³-hybridized carbons (Fsp3) is 0.0968. The minimum atomic E-state index is -1.29. The van der Waals surface area contributed by atoms with Gasteiger partial charge in [0.15, 0.2) is 0 Å². The molecule has 1 saturated heterocycles. The highest BCUT2D eigenvalue weighted by Crippen LogP contribution is 2.53. The summed E-state index contributed by atoms with van der Waals surface area (Å²) in [4.78, 5) is 13.6. The summed E-state index contributed by atoms with van der Waals surface area (Å²) in [7, 11) is 0. The number of carbonyl (C=O) groups is 1. The zero-order valence-electron chi connectivity index (χ0n) is 20.6. The van der Waals surface area contributed by atoms with Gasteiger partial charge in [0.05, 0.1) is 16.7 Å². The molecule has 0 radical (unpaired) electrons. The second-order valence-electron chi connectivity index (χ2n) is 9.42. The maximum atomic E-state index is 12.9. The minimum absolute atomic E-state index is 0.169. The number of benzene rings is 4. The SMILES string of the molecule is O=C1NC2(Oc3ccc(Cl)cc3C3CC(c4ccccc4)=NN32)/C(=C/c2cccc(Oc3ccccc3)c2)S1. The third-order valence-electron chi connectivity index (χ3n) is 6.87. The van der Waals surface area contributed by atoms with Gasteiger partial charge in [0.1, 0.15) is 17.2 Å². The van der Waals surface area contributed by atoms with Gasteiger partial charge in [-0.25, -0.2) is 5.01 Å². The summed E-state index contributed by atoms with van der Waals surface area (Å²) < 4.78 is 12.7. The Morgan fingerprint density at radius 1 is 0.974 bits per heavy atom. The Balaban J connectivity index is 1.32. The Bertz CT molecular complexity index is 1640. The first-order valence-corrected chi connectivity index (χ1v) is 13.7. The van der Waals surface area contributed by atoms with Crippen LogP contribution in [0.2, 0.25) is 5.02 Å². The second kappa shape index (κ2) is 9.52. The molecule has 1 N–H and O–H groups in total. The first-order valence-electron chi connectivity index (χ1n) is 12.5. The predicted octanol–water partition coefficient (Wildman–Crippen LogP) is 7.83. The van der Waals surface area contributed by atoms with Crippen LogP contribution in [0.5, 0.6) is 17.2 Å². The number of ether oxygens (including phenoxy) is 2. The van der Waals surface area contributed by atoms with E-state index in [-0.39, 0.29) is 11.3 Å². The van der Waals surface area contributed by atoms with Gasteiger partial charge in [-0.15, -0.1) is 0 Å². The number of fused-ring (bicyclic) bond motifs is 4. The molecule has 1 amide bonds. The summed E-state index contributed by atoms with van der Waals surface area (Å²) >= 11 is 7.50. The third kappa shape index (κ3) is 4.33. The topological polar surface area (TPSA) is 63.2 Å². The lowest BCUT2D eigenvalue weighted by molar-refractivity contribution is -0.0949. The molecule has 0 aliphatic carbocycles. The third-order valence-corrected chi connectivity index (χ3v) is 8.01. The quantitative estimate of drug-likeness (QED) is 0.280. The van der Waals surface area contributed by atoms with Crippen LogP contribution in [0, 0.1) is 0 Å². The zero-order chi connectivity index (χ0) is 26.4. The maximum Gasteiger partial charge on any atom is 0.314 e. The molecule has 8 heteroatoms. The summed E-state index contributed by atoms with van der Waals surface area (Å²) in [6, 6.07) is 32.8. The van der Waals surface area contributed by atoms with Crippen molar-refractivity contribution in [2.24, 2.45) is 5.10 Å². The Hall–Kier alpha value is -4.20. The molecule has 4 aromatic carbocycles. The molecular formula is C31H22ClN3O3S. The van der Waals surface area contributed by atoms with E-state index in [0.29, 0.717) is 27.8 Å². The van der Waals surface area contributed by atoms with Crippen LogP contribution in [-0.4, -0.2) is 21.8 Å². The van der Waals surface area contributed by atoms with Crippen molar-refractivity contribution < 1.29 is 14.3 Å². The molecule has 0 saturated carbocycles. The number of hydrogen-bond acceptors (Lipinski definition) is 6. The fourth-order valence-corrected chi connectivity index (χ4v) is 6.23. The van der Waals surface area contributed by atoms with Crippen LogP contribution in [0.4, 0.5) is 4.79 Å². The van der Waals surface area contributed by atoms with E-state index in [1.807, 2.05) is 108 Å². The number of carbonyl (C=O) groups excluding carboxylic acids is 1. The highest BCUT2D eigenvalue weighted by molar-refractivity contribution is 8.17. The van der Waals surface area contributed by atoms with Crippen LogP contribution >= 0.6 is 23.4 Å². The fourth-order valence-electron chi connectivity index (χ4n) is 5.14. The molecule has 0 bridgehead atoms. The summed E-state index contributed by atoms with van der Waals surface area (Å²) in [6.45, 7) is 0. The lowest BCUT2D eigenvalue weighted by Gasteiger charge is -2.45. The van der Waals surface area contributed by atoms with Crippen LogP contribution in [0.15, 0.2) is 113 Å². The first-order chi connectivity index (χ1) is 19.1. The number of hydrazone groups is 1. The molecule has 1 fully saturated rings. The summed E-state index contributed by atoms with van der Waals surface area (Å²) in [5.74, 6) is 0.819. The molecule has 3 heterocycles. The summed E-state index contributed by atoms with van der Waals surface area (Å²) in [6.07, 6.45) is 2.60. The number of para-hydroxylation sites is 1. The van der Waals surface area contributed by atoms with Gasteiger partial charge in [0, 0.05) is 17.0 Å². The van der Waals surface area contributed by atoms with Crippen LogP contribution in [0.1, 0.15) is 29.2 Å². The zero-order valence-corrected chi connectivity index (χ0v) is 22.2. The smallest absolute Gasteiger partial charge is 0.314 e. The van der Waals surface area contributed by atoms with E-state index in [0.717, 1.165) is 39.9 Å². The number of halogens is 1. The van der Waals surface area contributed by atoms with Gasteiger partial charge in [0.2, 0.25) is 0 Å². The van der Waals surface area contributed by atoms with E-state index in [2.05, 4.69) is 5.32 Å². The Kier molecular flexibility index (Phi) is 5.83. The molecule has 7 rings (SSSR count). The van der Waals surface area contributed by atoms with Crippen molar-refractivity contribution >= 4 is 40.4 Å². The maximum absolute atomic E-state index is 12.9. The minimum Gasteiger partial charge on any atom is -0.457 e. The molecule has 4 aromatic rings. The molecule has 0 aromatic heterocycles. The monoisotopic (exact) mass is 551 g/mol. The standard InChI is InChI=1S/C31H22ClN3O3S/c32-22-14-15-28-25(18-22)27-19-26(21-9-3-1-4-10-21)34-35(27)31(38-28)29(39-30(36)33-31)17-20-8-7-13-24(16-20)37-23-11-5-2-6-12-23/h1-18,27H,19H2,(H,33,36)/b29-17-. The van der Waals surface area contributed by atoms with E-state index >= 15 is 0 Å². The van der Waals surface area contributed by atoms with Crippen LogP contribution in [0.25, 0.3) is 6.08 Å². The molecule has 2 unspecified atom stereocenters. The number of nitrogens with zero attached hydrogens (tertiary/aromatic N) is 2. The molecule has 39 heavy (non-hydrogen) atoms. The Morgan fingerprint density at radius 3 is 2.56 bits per heavy atom. The lowest BCUT2D eigenvalue weighted by Crippen LogP contribution is -2.61. The average Bonchev–Trinajstić information content (AvgIpc) is 3.53. The largest absolute Gasteiger partial charge is 0.457 e. The van der Waals surface area contributed by atoms with E-state index in [9.17, 15) is 4.79 Å². The van der Waals surface area contributed by atoms with Crippen LogP contribution in [0.3, 0.4) is 0 Å². The van der Waals surface area contributed by atoms with Crippen molar-refractivity contribution in [3.05, 3.63) is 130 Å². The Morgan fingerprint density at radius 2 is 1.74 bits per heavy atom. The lowest BCUT2D eigenvalue weighted by atomic mass is 9.95. The van der Waals surface area contributed by atoms with E-state index < -0.39 is 5.85 Å². The molecule has 3 aliphatic rings. The van der Waals surface area contributed by atoms with Crippen molar-refractivity contribution in [2.75, 3.05) is 0 Å². The van der Waals surface area contributed by atoms with Crippen LogP contribution in [-0.2, 0) is 0 Å². The molecule has 1 spiro atoms. The molecule has 2 atom stereocenters. The number of hydrogen-bond donors (Lipinski definition) is 1. The van der Waals surface area contributed by atoms with Gasteiger partial charge in [-0.1, -0.05) is 72.3 Å². The van der Waals surface area contributed by atoms with Crippen molar-refractivity contribution in [1.82, 2.24) is 10.3 Å². The first kappa shape index (κ1) is 23.9. The Labute approximate surface area is 234 Å². The van der Waals surface area contributed by atoms with Gasteiger partial charge >= 0.3 is 5.85 Å². The van der Waals surface area contributed by atoms with Gasteiger partial charge in [-0.05, 0) is 71.4 Å². The van der Waals surface area contributed by atoms with E-state index in [4.69, 9.17) is 26.2 Å². The molecule has 192 valence electrons. The van der Waals surface area contributed by atoms with Crippen molar-refractivity contribution in [1.29, 1.82) is 0 Å². The van der Waals surface area contributed by atoms with E-state index in [1.54, 1.807) is 6.07 Å².